The molecule has 0 saturated heterocycles. The molecule has 0 aliphatic heterocycles. The van der Waals surface area contributed by atoms with Gasteiger partial charge in [0.25, 0.3) is 5.91 Å². The third kappa shape index (κ3) is 5.00. The Bertz CT molecular complexity index is 1220. The number of benzene rings is 2. The molecule has 1 N–H and O–H groups in total. The lowest BCUT2D eigenvalue weighted by Gasteiger charge is -2.26. The highest BCUT2D eigenvalue weighted by Gasteiger charge is 2.22. The van der Waals surface area contributed by atoms with Gasteiger partial charge in [0.15, 0.2) is 5.76 Å². The van der Waals surface area contributed by atoms with Crippen molar-refractivity contribution in [3.63, 3.8) is 0 Å². The number of nitrogens with one attached hydrogen (secondary N) is 1. The number of hydrogen-bond acceptors (Lipinski definition) is 4. The number of amides is 1. The summed E-state index contributed by atoms with van der Waals surface area (Å²) in [6, 6.07) is 22.0. The summed E-state index contributed by atoms with van der Waals surface area (Å²) in [6.07, 6.45) is 1.75. The van der Waals surface area contributed by atoms with Crippen molar-refractivity contribution in [2.45, 2.75) is 39.3 Å². The molecule has 33 heavy (non-hydrogen) atoms. The van der Waals surface area contributed by atoms with E-state index in [1.54, 1.807) is 23.0 Å². The molecule has 2 heterocycles. The number of aromatic nitrogens is 2. The van der Waals surface area contributed by atoms with Crippen LogP contribution >= 0.6 is 0 Å². The first kappa shape index (κ1) is 22.4. The average molecular weight is 444 g/mol. The van der Waals surface area contributed by atoms with Crippen LogP contribution in [0.25, 0.3) is 0 Å². The molecule has 0 saturated carbocycles. The van der Waals surface area contributed by atoms with Crippen molar-refractivity contribution in [3.8, 4) is 5.75 Å². The van der Waals surface area contributed by atoms with E-state index in [4.69, 9.17) is 9.15 Å². The highest BCUT2D eigenvalue weighted by molar-refractivity contribution is 5.91. The molecule has 0 radical (unpaired) electrons. The van der Waals surface area contributed by atoms with Gasteiger partial charge in [0, 0.05) is 30.3 Å². The van der Waals surface area contributed by atoms with E-state index in [2.05, 4.69) is 60.7 Å². The zero-order chi connectivity index (χ0) is 23.4. The van der Waals surface area contributed by atoms with Crippen LogP contribution in [0.2, 0.25) is 0 Å². The second-order valence-electron chi connectivity index (χ2n) is 8.63. The molecule has 0 fully saturated rings. The Morgan fingerprint density at radius 1 is 1.03 bits per heavy atom. The summed E-state index contributed by atoms with van der Waals surface area (Å²) in [4.78, 5) is 12.4. The van der Waals surface area contributed by atoms with E-state index in [-0.39, 0.29) is 23.7 Å². The maximum Gasteiger partial charge on any atom is 0.287 e. The SMILES string of the molecule is Cc1c(CNC(=O)c2ccc(COc3ccc(C(C)(C)c4ccccc4)cc3)o2)cnn1C. The number of rotatable bonds is 8. The summed E-state index contributed by atoms with van der Waals surface area (Å²) < 4.78 is 13.3. The van der Waals surface area contributed by atoms with Gasteiger partial charge in [-0.25, -0.2) is 0 Å². The van der Waals surface area contributed by atoms with Gasteiger partial charge in [-0.2, -0.15) is 5.10 Å². The molecule has 170 valence electrons. The van der Waals surface area contributed by atoms with Crippen molar-refractivity contribution in [1.82, 2.24) is 15.1 Å². The Labute approximate surface area is 194 Å². The number of carbonyl (C=O) groups excluding carboxylic acids is 1. The largest absolute Gasteiger partial charge is 0.486 e. The fourth-order valence-corrected chi connectivity index (χ4v) is 3.70. The first-order valence-electron chi connectivity index (χ1n) is 11.0. The van der Waals surface area contributed by atoms with Crippen LogP contribution in [0.3, 0.4) is 0 Å². The minimum atomic E-state index is -0.267. The molecule has 0 aliphatic carbocycles. The van der Waals surface area contributed by atoms with Gasteiger partial charge in [0.05, 0.1) is 6.20 Å². The van der Waals surface area contributed by atoms with Crippen LogP contribution in [0.5, 0.6) is 5.75 Å². The van der Waals surface area contributed by atoms with Crippen molar-refractivity contribution >= 4 is 5.91 Å². The molecule has 0 bridgehead atoms. The van der Waals surface area contributed by atoms with Crippen LogP contribution in [0, 0.1) is 6.92 Å². The van der Waals surface area contributed by atoms with Gasteiger partial charge in [-0.3, -0.25) is 9.48 Å². The molecule has 2 aromatic heterocycles. The Morgan fingerprint density at radius 2 is 1.73 bits per heavy atom. The van der Waals surface area contributed by atoms with Crippen LogP contribution in [0.15, 0.2) is 77.3 Å². The number of ether oxygens (including phenoxy) is 1. The lowest BCUT2D eigenvalue weighted by molar-refractivity contribution is 0.0919. The predicted molar refractivity (Wildman–Crippen MR) is 127 cm³/mol. The van der Waals surface area contributed by atoms with Crippen molar-refractivity contribution in [3.05, 3.63) is 107 Å². The number of aryl methyl sites for hydroxylation is 1. The Morgan fingerprint density at radius 3 is 2.39 bits per heavy atom. The maximum atomic E-state index is 12.4. The van der Waals surface area contributed by atoms with Gasteiger partial charge in [-0.15, -0.1) is 0 Å². The standard InChI is InChI=1S/C27H29N3O3/c1-19-20(17-29-30(19)4)16-28-26(31)25-15-14-24(33-25)18-32-23-12-10-22(11-13-23)27(2,3)21-8-6-5-7-9-21/h5-15,17H,16,18H2,1-4H3,(H,28,31). The van der Waals surface area contributed by atoms with Crippen molar-refractivity contribution < 1.29 is 13.9 Å². The first-order valence-corrected chi connectivity index (χ1v) is 11.0. The molecule has 1 amide bonds. The fourth-order valence-electron chi connectivity index (χ4n) is 3.70. The molecule has 0 aliphatic rings. The lowest BCUT2D eigenvalue weighted by atomic mass is 9.78. The van der Waals surface area contributed by atoms with E-state index in [1.165, 1.54) is 11.1 Å². The normalized spacial score (nSPS) is 11.4. The highest BCUT2D eigenvalue weighted by Crippen LogP contribution is 2.32. The topological polar surface area (TPSA) is 69.3 Å². The molecule has 4 rings (SSSR count). The van der Waals surface area contributed by atoms with E-state index < -0.39 is 0 Å². The van der Waals surface area contributed by atoms with E-state index in [0.717, 1.165) is 17.0 Å². The van der Waals surface area contributed by atoms with Gasteiger partial charge >= 0.3 is 0 Å². The van der Waals surface area contributed by atoms with Gasteiger partial charge in [0.1, 0.15) is 18.1 Å². The summed E-state index contributed by atoms with van der Waals surface area (Å²) in [5, 5.41) is 7.05. The summed E-state index contributed by atoms with van der Waals surface area (Å²) in [7, 11) is 1.87. The summed E-state index contributed by atoms with van der Waals surface area (Å²) in [5.74, 6) is 1.33. The van der Waals surface area contributed by atoms with Crippen molar-refractivity contribution in [2.24, 2.45) is 7.05 Å². The summed E-state index contributed by atoms with van der Waals surface area (Å²) in [6.45, 7) is 7.03. The Hall–Kier alpha value is -3.80. The average Bonchev–Trinajstić information content (AvgIpc) is 3.44. The van der Waals surface area contributed by atoms with Crippen LogP contribution in [0.1, 0.15) is 52.5 Å². The van der Waals surface area contributed by atoms with Crippen LogP contribution in [0.4, 0.5) is 0 Å². The number of nitrogens with zero attached hydrogens (tertiary/aromatic N) is 2. The summed E-state index contributed by atoms with van der Waals surface area (Å²) in [5.41, 5.74) is 4.36. The molecule has 0 spiro atoms. The minimum absolute atomic E-state index is 0.0998. The number of carbonyl (C=O) groups is 1. The van der Waals surface area contributed by atoms with Gasteiger partial charge in [-0.1, -0.05) is 56.3 Å². The number of hydrogen-bond donors (Lipinski definition) is 1. The predicted octanol–water partition coefficient (Wildman–Crippen LogP) is 5.16. The molecular weight excluding hydrogens is 414 g/mol. The second-order valence-corrected chi connectivity index (χ2v) is 8.63. The van der Waals surface area contributed by atoms with Gasteiger partial charge in [0.2, 0.25) is 0 Å². The van der Waals surface area contributed by atoms with Crippen molar-refractivity contribution in [2.75, 3.05) is 0 Å². The van der Waals surface area contributed by atoms with E-state index in [9.17, 15) is 4.79 Å². The first-order chi connectivity index (χ1) is 15.8. The van der Waals surface area contributed by atoms with Crippen molar-refractivity contribution in [1.29, 1.82) is 0 Å². The highest BCUT2D eigenvalue weighted by atomic mass is 16.5. The van der Waals surface area contributed by atoms with Gasteiger partial charge in [-0.05, 0) is 42.3 Å². The Balaban J connectivity index is 1.32. The fraction of sp³-hybridized carbons (Fsp3) is 0.259. The molecule has 6 nitrogen and oxygen atoms in total. The molecule has 2 aromatic carbocycles. The summed E-state index contributed by atoms with van der Waals surface area (Å²) >= 11 is 0. The smallest absolute Gasteiger partial charge is 0.287 e. The molecule has 0 atom stereocenters. The van der Waals surface area contributed by atoms with Crippen LogP contribution in [-0.2, 0) is 25.6 Å². The molecular formula is C27H29N3O3. The van der Waals surface area contributed by atoms with E-state index in [1.807, 2.05) is 32.2 Å². The second kappa shape index (κ2) is 9.36. The van der Waals surface area contributed by atoms with Gasteiger partial charge < -0.3 is 14.5 Å². The zero-order valence-corrected chi connectivity index (χ0v) is 19.5. The molecule has 0 unspecified atom stereocenters. The zero-order valence-electron chi connectivity index (χ0n) is 19.5. The molecule has 4 aromatic rings. The lowest BCUT2D eigenvalue weighted by Crippen LogP contribution is -2.22. The third-order valence-electron chi connectivity index (χ3n) is 6.11. The number of furan rings is 1. The maximum absolute atomic E-state index is 12.4. The molecule has 6 heteroatoms. The van der Waals surface area contributed by atoms with Crippen LogP contribution < -0.4 is 10.1 Å². The monoisotopic (exact) mass is 443 g/mol. The minimum Gasteiger partial charge on any atom is -0.486 e. The van der Waals surface area contributed by atoms with E-state index >= 15 is 0 Å². The third-order valence-corrected chi connectivity index (χ3v) is 6.11. The quantitative estimate of drug-likeness (QED) is 0.409. The Kier molecular flexibility index (Phi) is 6.36. The van der Waals surface area contributed by atoms with E-state index in [0.29, 0.717) is 12.3 Å². The van der Waals surface area contributed by atoms with Crippen LogP contribution in [-0.4, -0.2) is 15.7 Å².